The van der Waals surface area contributed by atoms with Gasteiger partial charge in [-0.3, -0.25) is 0 Å². The summed E-state index contributed by atoms with van der Waals surface area (Å²) >= 11 is 0. The van der Waals surface area contributed by atoms with Crippen molar-refractivity contribution in [1.82, 2.24) is 0 Å². The van der Waals surface area contributed by atoms with Crippen LogP contribution in [-0.2, 0) is 0 Å². The molecule has 0 radical (unpaired) electrons. The Morgan fingerprint density at radius 3 is 2.27 bits per heavy atom. The molecule has 0 amide bonds. The van der Waals surface area contributed by atoms with E-state index < -0.39 is 0 Å². The molecule has 0 unspecified atom stereocenters. The summed E-state index contributed by atoms with van der Waals surface area (Å²) < 4.78 is 0. The van der Waals surface area contributed by atoms with Gasteiger partial charge < -0.3 is 0 Å². The highest BCUT2D eigenvalue weighted by Crippen LogP contribution is 2.06. The van der Waals surface area contributed by atoms with Gasteiger partial charge in [-0.1, -0.05) is 36.0 Å². The zero-order valence-electron chi connectivity index (χ0n) is 7.80. The molecule has 0 aromatic heterocycles. The van der Waals surface area contributed by atoms with Crippen LogP contribution in [0.3, 0.4) is 0 Å². The first-order valence-corrected chi connectivity index (χ1v) is 4.24. The zero-order chi connectivity index (χ0) is 8.53. The molecule has 0 saturated heterocycles. The number of hydrogen-bond donors (Lipinski definition) is 0. The molecule has 0 N–H and O–H groups in total. The van der Waals surface area contributed by atoms with E-state index in [2.05, 4.69) is 51.2 Å². The first kappa shape index (κ1) is 10.2. The Labute approximate surface area is 70.3 Å². The molecule has 0 aliphatic heterocycles. The van der Waals surface area contributed by atoms with E-state index in [0.717, 1.165) is 12.8 Å². The van der Waals surface area contributed by atoms with Crippen molar-refractivity contribution in [3.63, 3.8) is 0 Å². The van der Waals surface area contributed by atoms with Crippen molar-refractivity contribution >= 4 is 0 Å². The Bertz CT molecular complexity index is 159. The lowest BCUT2D eigenvalue weighted by Gasteiger charge is -1.96. The standard InChI is InChI=1S/C11H18/c1-4-7-8-10-11(6-3)9-5-2/h4-7,9H,8,10H2,1-3H3/b7-4-,9-5-,11-6+. The molecule has 0 saturated carbocycles. The highest BCUT2D eigenvalue weighted by molar-refractivity contribution is 5.17. The first-order valence-electron chi connectivity index (χ1n) is 4.24. The minimum Gasteiger partial charge on any atom is -0.0917 e. The number of rotatable bonds is 4. The van der Waals surface area contributed by atoms with Gasteiger partial charge >= 0.3 is 0 Å². The maximum atomic E-state index is 2.20. The average molecular weight is 150 g/mol. The van der Waals surface area contributed by atoms with E-state index in [1.54, 1.807) is 0 Å². The fourth-order valence-electron chi connectivity index (χ4n) is 0.955. The van der Waals surface area contributed by atoms with E-state index in [1.807, 2.05) is 0 Å². The molecule has 0 heterocycles. The molecule has 0 spiro atoms. The Kier molecular flexibility index (Phi) is 6.81. The van der Waals surface area contributed by atoms with Crippen molar-refractivity contribution in [3.05, 3.63) is 36.0 Å². The summed E-state index contributed by atoms with van der Waals surface area (Å²) in [5.41, 5.74) is 1.42. The van der Waals surface area contributed by atoms with Crippen LogP contribution in [0.2, 0.25) is 0 Å². The summed E-state index contributed by atoms with van der Waals surface area (Å²) in [6.07, 6.45) is 13.0. The molecule has 0 heteroatoms. The van der Waals surface area contributed by atoms with Crippen LogP contribution in [-0.4, -0.2) is 0 Å². The van der Waals surface area contributed by atoms with Crippen LogP contribution >= 0.6 is 0 Å². The molecular formula is C11H18. The smallest absolute Gasteiger partial charge is 0.0248 e. The van der Waals surface area contributed by atoms with Gasteiger partial charge in [0.2, 0.25) is 0 Å². The van der Waals surface area contributed by atoms with Crippen LogP contribution in [0.4, 0.5) is 0 Å². The number of hydrogen-bond acceptors (Lipinski definition) is 0. The molecule has 11 heavy (non-hydrogen) atoms. The topological polar surface area (TPSA) is 0 Å². The Balaban J connectivity index is 3.71. The van der Waals surface area contributed by atoms with Gasteiger partial charge in [-0.15, -0.1) is 0 Å². The SMILES string of the molecule is C/C=C\CCC(/C=C\C)=C/C. The zero-order valence-corrected chi connectivity index (χ0v) is 7.80. The van der Waals surface area contributed by atoms with Crippen LogP contribution in [0, 0.1) is 0 Å². The van der Waals surface area contributed by atoms with Crippen LogP contribution in [0.5, 0.6) is 0 Å². The fourth-order valence-corrected chi connectivity index (χ4v) is 0.955. The van der Waals surface area contributed by atoms with Gasteiger partial charge in [-0.2, -0.15) is 0 Å². The second-order valence-electron chi connectivity index (χ2n) is 2.47. The third kappa shape index (κ3) is 5.65. The maximum absolute atomic E-state index is 2.20. The summed E-state index contributed by atoms with van der Waals surface area (Å²) in [5, 5.41) is 0. The second kappa shape index (κ2) is 7.33. The third-order valence-corrected chi connectivity index (χ3v) is 1.59. The largest absolute Gasteiger partial charge is 0.0917 e. The van der Waals surface area contributed by atoms with Gasteiger partial charge in [0.15, 0.2) is 0 Å². The van der Waals surface area contributed by atoms with E-state index >= 15 is 0 Å². The number of allylic oxidation sites excluding steroid dienone is 6. The molecule has 0 atom stereocenters. The lowest BCUT2D eigenvalue weighted by molar-refractivity contribution is 1.00. The molecule has 0 bridgehead atoms. The van der Waals surface area contributed by atoms with Gasteiger partial charge in [0, 0.05) is 0 Å². The Morgan fingerprint density at radius 1 is 1.09 bits per heavy atom. The van der Waals surface area contributed by atoms with E-state index in [9.17, 15) is 0 Å². The van der Waals surface area contributed by atoms with E-state index in [4.69, 9.17) is 0 Å². The molecule has 0 aromatic carbocycles. The van der Waals surface area contributed by atoms with Crippen molar-refractivity contribution in [2.24, 2.45) is 0 Å². The minimum absolute atomic E-state index is 1.15. The van der Waals surface area contributed by atoms with Gasteiger partial charge in [0.05, 0.1) is 0 Å². The van der Waals surface area contributed by atoms with Gasteiger partial charge in [0.25, 0.3) is 0 Å². The van der Waals surface area contributed by atoms with Gasteiger partial charge in [0.1, 0.15) is 0 Å². The summed E-state index contributed by atoms with van der Waals surface area (Å²) in [6.45, 7) is 6.20. The van der Waals surface area contributed by atoms with Crippen molar-refractivity contribution < 1.29 is 0 Å². The molecule has 0 aliphatic rings. The van der Waals surface area contributed by atoms with E-state index in [-0.39, 0.29) is 0 Å². The summed E-state index contributed by atoms with van der Waals surface area (Å²) in [6, 6.07) is 0. The summed E-state index contributed by atoms with van der Waals surface area (Å²) in [5.74, 6) is 0. The molecule has 0 fully saturated rings. The lowest BCUT2D eigenvalue weighted by Crippen LogP contribution is -1.76. The van der Waals surface area contributed by atoms with Gasteiger partial charge in [-0.05, 0) is 33.6 Å². The van der Waals surface area contributed by atoms with Crippen molar-refractivity contribution in [3.8, 4) is 0 Å². The highest BCUT2D eigenvalue weighted by Gasteiger charge is 1.86. The second-order valence-corrected chi connectivity index (χ2v) is 2.47. The average Bonchev–Trinajstić information content (AvgIpc) is 2.03. The molecule has 0 aromatic rings. The summed E-state index contributed by atoms with van der Waals surface area (Å²) in [4.78, 5) is 0. The van der Waals surface area contributed by atoms with Crippen LogP contribution in [0.25, 0.3) is 0 Å². The maximum Gasteiger partial charge on any atom is -0.0248 e. The predicted octanol–water partition coefficient (Wildman–Crippen LogP) is 3.87. The first-order chi connectivity index (χ1) is 5.35. The fraction of sp³-hybridized carbons (Fsp3) is 0.455. The Morgan fingerprint density at radius 2 is 1.82 bits per heavy atom. The van der Waals surface area contributed by atoms with Crippen LogP contribution in [0.1, 0.15) is 33.6 Å². The Hall–Kier alpha value is -0.780. The van der Waals surface area contributed by atoms with Gasteiger partial charge in [-0.25, -0.2) is 0 Å². The monoisotopic (exact) mass is 150 g/mol. The predicted molar refractivity (Wildman–Crippen MR) is 52.6 cm³/mol. The van der Waals surface area contributed by atoms with Crippen LogP contribution < -0.4 is 0 Å². The molecule has 0 aliphatic carbocycles. The minimum atomic E-state index is 1.15. The highest BCUT2D eigenvalue weighted by atomic mass is 13.9. The quantitative estimate of drug-likeness (QED) is 0.421. The molecule has 62 valence electrons. The van der Waals surface area contributed by atoms with Crippen molar-refractivity contribution in [2.75, 3.05) is 0 Å². The third-order valence-electron chi connectivity index (χ3n) is 1.59. The molecule has 0 rings (SSSR count). The van der Waals surface area contributed by atoms with E-state index in [1.165, 1.54) is 5.57 Å². The summed E-state index contributed by atoms with van der Waals surface area (Å²) in [7, 11) is 0. The molecule has 0 nitrogen and oxygen atoms in total. The van der Waals surface area contributed by atoms with Crippen molar-refractivity contribution in [1.29, 1.82) is 0 Å². The normalized spacial score (nSPS) is 13.5. The van der Waals surface area contributed by atoms with Crippen LogP contribution in [0.15, 0.2) is 36.0 Å². The van der Waals surface area contributed by atoms with Crippen molar-refractivity contribution in [2.45, 2.75) is 33.6 Å². The van der Waals surface area contributed by atoms with E-state index in [0.29, 0.717) is 0 Å². The lowest BCUT2D eigenvalue weighted by atomic mass is 10.1. The molecular weight excluding hydrogens is 132 g/mol.